The van der Waals surface area contributed by atoms with Crippen LogP contribution in [-0.2, 0) is 38.2 Å². The highest BCUT2D eigenvalue weighted by Crippen LogP contribution is 2.47. The first kappa shape index (κ1) is 27.6. The number of aromatic nitrogens is 1. The molecule has 4 aliphatic rings. The van der Waals surface area contributed by atoms with Crippen molar-refractivity contribution in [2.45, 2.75) is 68.4 Å². The third-order valence-corrected chi connectivity index (χ3v) is 9.98. The molecular weight excluding hydrogens is 552 g/mol. The lowest BCUT2D eigenvalue weighted by Gasteiger charge is -2.53. The second-order valence-corrected chi connectivity index (χ2v) is 12.6. The smallest absolute Gasteiger partial charge is 0.244 e. The van der Waals surface area contributed by atoms with Gasteiger partial charge in [-0.15, -0.1) is 0 Å². The zero-order valence-corrected chi connectivity index (χ0v) is 23.9. The van der Waals surface area contributed by atoms with Crippen LogP contribution in [0.5, 0.6) is 0 Å². The van der Waals surface area contributed by atoms with Gasteiger partial charge in [0.25, 0.3) is 0 Å². The van der Waals surface area contributed by atoms with E-state index in [1.54, 1.807) is 19.2 Å². The minimum Gasteiger partial charge on any atom is -0.325 e. The molecule has 3 heterocycles. The summed E-state index contributed by atoms with van der Waals surface area (Å²) >= 11 is 0. The molecule has 7 rings (SSSR count). The van der Waals surface area contributed by atoms with Crippen LogP contribution in [-0.4, -0.2) is 46.2 Å². The number of halogens is 2. The van der Waals surface area contributed by atoms with Gasteiger partial charge in [0.15, 0.2) is 0 Å². The number of hydrogen-bond acceptors (Lipinski definition) is 5. The molecule has 3 amide bonds. The number of amides is 3. The number of carbonyl (C=O) groups excluding carboxylic acids is 3. The number of benzene rings is 2. The molecule has 8 nitrogen and oxygen atoms in total. The third-order valence-electron chi connectivity index (χ3n) is 9.98. The van der Waals surface area contributed by atoms with Crippen LogP contribution in [0.3, 0.4) is 0 Å². The van der Waals surface area contributed by atoms with Crippen LogP contribution < -0.4 is 16.0 Å². The van der Waals surface area contributed by atoms with Gasteiger partial charge in [-0.2, -0.15) is 0 Å². The fourth-order valence-corrected chi connectivity index (χ4v) is 7.60. The van der Waals surface area contributed by atoms with Crippen LogP contribution in [0.1, 0.15) is 61.3 Å². The topological polar surface area (TPSA) is 103 Å². The lowest BCUT2D eigenvalue weighted by atomic mass is 9.75. The third kappa shape index (κ3) is 4.42. The average molecular weight is 586 g/mol. The maximum atomic E-state index is 14.3. The highest BCUT2D eigenvalue weighted by Gasteiger charge is 2.53. The van der Waals surface area contributed by atoms with Gasteiger partial charge < -0.3 is 20.9 Å². The van der Waals surface area contributed by atoms with Crippen molar-refractivity contribution in [1.29, 1.82) is 0 Å². The van der Waals surface area contributed by atoms with Gasteiger partial charge in [-0.25, -0.2) is 13.8 Å². The summed E-state index contributed by atoms with van der Waals surface area (Å²) in [6.07, 6.45) is 6.79. The van der Waals surface area contributed by atoms with Crippen LogP contribution in [0.15, 0.2) is 54.7 Å². The van der Waals surface area contributed by atoms with Crippen LogP contribution in [0, 0.1) is 11.6 Å². The number of rotatable bonds is 4. The van der Waals surface area contributed by atoms with Gasteiger partial charge in [-0.05, 0) is 79.6 Å². The zero-order chi connectivity index (χ0) is 30.0. The van der Waals surface area contributed by atoms with Crippen LogP contribution in [0.2, 0.25) is 0 Å². The number of nitrogens with zero attached hydrogens (tertiary/aromatic N) is 2. The van der Waals surface area contributed by atoms with E-state index in [-0.39, 0.29) is 30.5 Å². The number of anilines is 2. The Balaban J connectivity index is 1.15. The lowest BCUT2D eigenvalue weighted by molar-refractivity contribution is -0.155. The maximum absolute atomic E-state index is 14.3. The highest BCUT2D eigenvalue weighted by molar-refractivity contribution is 6.06. The summed E-state index contributed by atoms with van der Waals surface area (Å²) in [6, 6.07) is 12.6. The van der Waals surface area contributed by atoms with E-state index in [1.807, 2.05) is 24.3 Å². The number of nitrogens with one attached hydrogen (secondary N) is 3. The summed E-state index contributed by atoms with van der Waals surface area (Å²) in [5.74, 6) is -1.61. The van der Waals surface area contributed by atoms with Crippen molar-refractivity contribution >= 4 is 29.2 Å². The van der Waals surface area contributed by atoms with Crippen molar-refractivity contribution in [2.75, 3.05) is 23.7 Å². The van der Waals surface area contributed by atoms with Crippen molar-refractivity contribution in [3.63, 3.8) is 0 Å². The highest BCUT2D eigenvalue weighted by atomic mass is 19.1. The minimum absolute atomic E-state index is 0.0788. The number of carbonyl (C=O) groups is 3. The Kier molecular flexibility index (Phi) is 6.39. The molecule has 1 aromatic heterocycles. The molecule has 2 aromatic carbocycles. The van der Waals surface area contributed by atoms with E-state index < -0.39 is 34.0 Å². The first-order valence-corrected chi connectivity index (χ1v) is 14.8. The Morgan fingerprint density at radius 3 is 2.51 bits per heavy atom. The molecule has 2 fully saturated rings. The van der Waals surface area contributed by atoms with Crippen molar-refractivity contribution in [3.05, 3.63) is 88.6 Å². The molecule has 222 valence electrons. The predicted molar refractivity (Wildman–Crippen MR) is 156 cm³/mol. The summed E-state index contributed by atoms with van der Waals surface area (Å²) in [7, 11) is 0. The number of pyridine rings is 1. The fourth-order valence-electron chi connectivity index (χ4n) is 7.60. The van der Waals surface area contributed by atoms with E-state index in [0.717, 1.165) is 42.0 Å². The molecule has 2 atom stereocenters. The molecule has 3 N–H and O–H groups in total. The van der Waals surface area contributed by atoms with E-state index in [0.29, 0.717) is 37.2 Å². The van der Waals surface area contributed by atoms with E-state index in [4.69, 9.17) is 0 Å². The average Bonchev–Trinajstić information content (AvgIpc) is 3.50. The van der Waals surface area contributed by atoms with Gasteiger partial charge in [0.2, 0.25) is 17.7 Å². The Bertz CT molecular complexity index is 1650. The molecule has 1 saturated heterocycles. The van der Waals surface area contributed by atoms with E-state index >= 15 is 0 Å². The maximum Gasteiger partial charge on any atom is 0.244 e. The van der Waals surface area contributed by atoms with Crippen molar-refractivity contribution in [1.82, 2.24) is 15.2 Å². The minimum atomic E-state index is -1.15. The molecular formula is C33H33F2N5O3. The van der Waals surface area contributed by atoms with Crippen LogP contribution in [0.4, 0.5) is 20.3 Å². The summed E-state index contributed by atoms with van der Waals surface area (Å²) in [5, 5.41) is 9.27. The Hall–Kier alpha value is -4.18. The molecule has 2 spiro atoms. The van der Waals surface area contributed by atoms with Gasteiger partial charge in [0.05, 0.1) is 16.5 Å². The summed E-state index contributed by atoms with van der Waals surface area (Å²) in [5.41, 5.74) is 1.05. The van der Waals surface area contributed by atoms with E-state index in [9.17, 15) is 23.2 Å². The zero-order valence-electron chi connectivity index (χ0n) is 23.9. The Morgan fingerprint density at radius 2 is 1.74 bits per heavy atom. The summed E-state index contributed by atoms with van der Waals surface area (Å²) in [6.45, 7) is 1.72. The molecule has 10 heteroatoms. The molecule has 43 heavy (non-hydrogen) atoms. The number of hydrogen-bond donors (Lipinski definition) is 3. The van der Waals surface area contributed by atoms with Gasteiger partial charge in [0, 0.05) is 30.1 Å². The molecule has 3 aromatic rings. The Morgan fingerprint density at radius 1 is 1.00 bits per heavy atom. The van der Waals surface area contributed by atoms with Gasteiger partial charge >= 0.3 is 0 Å². The second kappa shape index (κ2) is 9.94. The monoisotopic (exact) mass is 585 g/mol. The normalized spacial score (nSPS) is 25.5. The second-order valence-electron chi connectivity index (χ2n) is 12.6. The van der Waals surface area contributed by atoms with Gasteiger partial charge in [-0.3, -0.25) is 14.4 Å². The summed E-state index contributed by atoms with van der Waals surface area (Å²) in [4.78, 5) is 46.6. The molecule has 2 aliphatic heterocycles. The quantitative estimate of drug-likeness (QED) is 0.423. The van der Waals surface area contributed by atoms with Gasteiger partial charge in [-0.1, -0.05) is 31.4 Å². The standard InChI is InChI=1S/C33H33F2N5O3/c1-31(22-13-23(34)15-24(35)14-22)19-37-33(9-3-2-4-10-33)30(43)40(31)18-27(41)38-25-8-7-20-16-32(17-21(20)12-25)26-6-5-11-36-28(26)39-29(32)42/h5-8,11-15,37H,2-4,9-10,16-19H2,1H3,(H,38,41)(H,36,39,42)/t31-,32+/m0/s1. The fraction of sp³-hybridized carbons (Fsp3) is 0.394. The largest absolute Gasteiger partial charge is 0.325 e. The van der Waals surface area contributed by atoms with Crippen LogP contribution >= 0.6 is 0 Å². The predicted octanol–water partition coefficient (Wildman–Crippen LogP) is 4.34. The number of piperazine rings is 1. The first-order chi connectivity index (χ1) is 20.6. The number of fused-ring (bicyclic) bond motifs is 3. The van der Waals surface area contributed by atoms with Gasteiger partial charge in [0.1, 0.15) is 24.0 Å². The van der Waals surface area contributed by atoms with Crippen molar-refractivity contribution in [2.24, 2.45) is 0 Å². The molecule has 0 radical (unpaired) electrons. The SMILES string of the molecule is C[C@@]1(c2cc(F)cc(F)c2)CNC2(CCCCC2)C(=O)N1CC(=O)Nc1ccc2c(c1)C[C@@]1(C2)C(=O)Nc2ncccc21. The van der Waals surface area contributed by atoms with Crippen LogP contribution in [0.25, 0.3) is 0 Å². The first-order valence-electron chi connectivity index (χ1n) is 14.8. The molecule has 2 aliphatic carbocycles. The Labute approximate surface area is 248 Å². The van der Waals surface area contributed by atoms with E-state index in [1.165, 1.54) is 17.0 Å². The molecule has 0 unspecified atom stereocenters. The lowest BCUT2D eigenvalue weighted by Crippen LogP contribution is -2.72. The molecule has 1 saturated carbocycles. The molecule has 0 bridgehead atoms. The van der Waals surface area contributed by atoms with Crippen molar-refractivity contribution < 1.29 is 23.2 Å². The summed E-state index contributed by atoms with van der Waals surface area (Å²) < 4.78 is 28.7. The van der Waals surface area contributed by atoms with E-state index in [2.05, 4.69) is 20.9 Å². The van der Waals surface area contributed by atoms with Crippen molar-refractivity contribution in [3.8, 4) is 0 Å².